The minimum absolute atomic E-state index is 0.168. The van der Waals surface area contributed by atoms with Crippen molar-refractivity contribution in [2.45, 2.75) is 13.8 Å². The van der Waals surface area contributed by atoms with Crippen molar-refractivity contribution in [1.82, 2.24) is 0 Å². The Bertz CT molecular complexity index is 46.5. The number of aliphatic hydroxyl groups excluding tert-OH is 2. The van der Waals surface area contributed by atoms with E-state index in [1.807, 2.05) is 13.8 Å². The van der Waals surface area contributed by atoms with Gasteiger partial charge in [0.2, 0.25) is 0 Å². The van der Waals surface area contributed by atoms with Crippen LogP contribution in [0.15, 0.2) is 0 Å². The molecule has 0 unspecified atom stereocenters. The van der Waals surface area contributed by atoms with Gasteiger partial charge in [-0.1, -0.05) is 13.8 Å². The monoisotopic (exact) mass is 118 g/mol. The summed E-state index contributed by atoms with van der Waals surface area (Å²) in [5.41, 5.74) is 0. The second-order valence-electron chi connectivity index (χ2n) is 2.32. The third-order valence-corrected chi connectivity index (χ3v) is 1.55. The van der Waals surface area contributed by atoms with E-state index in [1.54, 1.807) is 0 Å². The molecule has 50 valence electrons. The van der Waals surface area contributed by atoms with E-state index in [-0.39, 0.29) is 25.0 Å². The molecule has 0 aromatic rings. The van der Waals surface area contributed by atoms with Crippen LogP contribution >= 0.6 is 0 Å². The standard InChI is InChI=1S/C6H14O2/c1-5(3-7)6(2)4-8/h5-8H,3-4H2,1-2H3/t5-,6-/m0/s1. The van der Waals surface area contributed by atoms with E-state index < -0.39 is 0 Å². The second kappa shape index (κ2) is 3.87. The minimum atomic E-state index is 0.168. The SMILES string of the molecule is C[C@@H](CO)[C@@H](C)CO. The van der Waals surface area contributed by atoms with Crippen molar-refractivity contribution in [3.8, 4) is 0 Å². The third kappa shape index (κ3) is 2.28. The van der Waals surface area contributed by atoms with Gasteiger partial charge in [-0.3, -0.25) is 0 Å². The van der Waals surface area contributed by atoms with Crippen molar-refractivity contribution in [3.05, 3.63) is 0 Å². The van der Waals surface area contributed by atoms with E-state index in [2.05, 4.69) is 0 Å². The van der Waals surface area contributed by atoms with Gasteiger partial charge < -0.3 is 10.2 Å². The molecule has 2 nitrogen and oxygen atoms in total. The Kier molecular flexibility index (Phi) is 3.83. The Morgan fingerprint density at radius 3 is 1.38 bits per heavy atom. The predicted octanol–water partition coefficient (Wildman–Crippen LogP) is 0.243. The van der Waals surface area contributed by atoms with E-state index in [0.717, 1.165) is 0 Å². The van der Waals surface area contributed by atoms with Gasteiger partial charge in [-0.2, -0.15) is 0 Å². The number of hydrogen-bond acceptors (Lipinski definition) is 2. The highest BCUT2D eigenvalue weighted by molar-refractivity contribution is 4.57. The van der Waals surface area contributed by atoms with Crippen LogP contribution in [-0.2, 0) is 0 Å². The molecule has 8 heavy (non-hydrogen) atoms. The average Bonchev–Trinajstić information content (AvgIpc) is 1.84. The van der Waals surface area contributed by atoms with Gasteiger partial charge in [0.15, 0.2) is 0 Å². The lowest BCUT2D eigenvalue weighted by molar-refractivity contribution is 0.141. The minimum Gasteiger partial charge on any atom is -0.396 e. The first-order chi connectivity index (χ1) is 3.72. The fourth-order valence-electron chi connectivity index (χ4n) is 0.360. The molecule has 0 amide bonds. The van der Waals surface area contributed by atoms with Gasteiger partial charge in [0.05, 0.1) is 0 Å². The number of rotatable bonds is 3. The first-order valence-electron chi connectivity index (χ1n) is 2.94. The van der Waals surface area contributed by atoms with E-state index in [9.17, 15) is 0 Å². The Hall–Kier alpha value is -0.0800. The summed E-state index contributed by atoms with van der Waals surface area (Å²) < 4.78 is 0. The Balaban J connectivity index is 3.29. The fraction of sp³-hybridized carbons (Fsp3) is 1.00. The van der Waals surface area contributed by atoms with Crippen LogP contribution in [-0.4, -0.2) is 23.4 Å². The van der Waals surface area contributed by atoms with Crippen LogP contribution in [0.4, 0.5) is 0 Å². The second-order valence-corrected chi connectivity index (χ2v) is 2.32. The zero-order valence-electron chi connectivity index (χ0n) is 5.46. The summed E-state index contributed by atoms with van der Waals surface area (Å²) in [6, 6.07) is 0. The normalized spacial score (nSPS) is 18.0. The Morgan fingerprint density at radius 1 is 1.00 bits per heavy atom. The summed E-state index contributed by atoms with van der Waals surface area (Å²) >= 11 is 0. The maximum Gasteiger partial charge on any atom is 0.0460 e. The molecule has 0 aliphatic carbocycles. The predicted molar refractivity (Wildman–Crippen MR) is 32.5 cm³/mol. The molecule has 0 rings (SSSR count). The summed E-state index contributed by atoms with van der Waals surface area (Å²) in [5, 5.41) is 17.1. The molecule has 0 aromatic carbocycles. The lowest BCUT2D eigenvalue weighted by Crippen LogP contribution is -2.15. The zero-order valence-corrected chi connectivity index (χ0v) is 5.46. The summed E-state index contributed by atoms with van der Waals surface area (Å²) in [6.45, 7) is 4.17. The topological polar surface area (TPSA) is 40.5 Å². The van der Waals surface area contributed by atoms with Crippen LogP contribution in [0.2, 0.25) is 0 Å². The van der Waals surface area contributed by atoms with Gasteiger partial charge in [0.1, 0.15) is 0 Å². The van der Waals surface area contributed by atoms with Crippen molar-refractivity contribution in [2.24, 2.45) is 11.8 Å². The molecule has 0 aliphatic heterocycles. The molecule has 2 N–H and O–H groups in total. The largest absolute Gasteiger partial charge is 0.396 e. The first-order valence-corrected chi connectivity index (χ1v) is 2.94. The van der Waals surface area contributed by atoms with Crippen molar-refractivity contribution in [3.63, 3.8) is 0 Å². The van der Waals surface area contributed by atoms with Crippen LogP contribution in [0.3, 0.4) is 0 Å². The van der Waals surface area contributed by atoms with Gasteiger partial charge >= 0.3 is 0 Å². The Labute approximate surface area is 50.2 Å². The van der Waals surface area contributed by atoms with Gasteiger partial charge in [-0.25, -0.2) is 0 Å². The molecular formula is C6H14O2. The van der Waals surface area contributed by atoms with Crippen LogP contribution in [0.25, 0.3) is 0 Å². The molecule has 0 saturated carbocycles. The van der Waals surface area contributed by atoms with Gasteiger partial charge in [-0.15, -0.1) is 0 Å². The van der Waals surface area contributed by atoms with Crippen LogP contribution < -0.4 is 0 Å². The van der Waals surface area contributed by atoms with Gasteiger partial charge in [0.25, 0.3) is 0 Å². The highest BCUT2D eigenvalue weighted by Gasteiger charge is 2.07. The van der Waals surface area contributed by atoms with Crippen LogP contribution in [0.1, 0.15) is 13.8 Å². The smallest absolute Gasteiger partial charge is 0.0460 e. The first kappa shape index (κ1) is 7.92. The lowest BCUT2D eigenvalue weighted by atomic mass is 9.98. The van der Waals surface area contributed by atoms with Crippen molar-refractivity contribution in [1.29, 1.82) is 0 Å². The van der Waals surface area contributed by atoms with E-state index >= 15 is 0 Å². The Morgan fingerprint density at radius 2 is 1.25 bits per heavy atom. The van der Waals surface area contributed by atoms with Crippen LogP contribution in [0, 0.1) is 11.8 Å². The molecule has 0 heterocycles. The maximum atomic E-state index is 8.53. The van der Waals surface area contributed by atoms with E-state index in [4.69, 9.17) is 10.2 Å². The van der Waals surface area contributed by atoms with Crippen molar-refractivity contribution >= 4 is 0 Å². The molecule has 2 atom stereocenters. The van der Waals surface area contributed by atoms with Crippen molar-refractivity contribution < 1.29 is 10.2 Å². The summed E-state index contributed by atoms with van der Waals surface area (Å²) in [7, 11) is 0. The molecule has 2 heteroatoms. The van der Waals surface area contributed by atoms with E-state index in [1.165, 1.54) is 0 Å². The molecule has 0 aliphatic rings. The maximum absolute atomic E-state index is 8.53. The van der Waals surface area contributed by atoms with Crippen LogP contribution in [0.5, 0.6) is 0 Å². The van der Waals surface area contributed by atoms with Gasteiger partial charge in [0, 0.05) is 13.2 Å². The fourth-order valence-corrected chi connectivity index (χ4v) is 0.360. The number of hydrogen-bond donors (Lipinski definition) is 2. The lowest BCUT2D eigenvalue weighted by Gasteiger charge is -2.13. The molecule has 0 radical (unpaired) electrons. The summed E-state index contributed by atoms with van der Waals surface area (Å²) in [4.78, 5) is 0. The molecule has 0 saturated heterocycles. The summed E-state index contributed by atoms with van der Waals surface area (Å²) in [5.74, 6) is 0.444. The molecule has 0 spiro atoms. The quantitative estimate of drug-likeness (QED) is 0.557. The van der Waals surface area contributed by atoms with Crippen molar-refractivity contribution in [2.75, 3.05) is 13.2 Å². The average molecular weight is 118 g/mol. The highest BCUT2D eigenvalue weighted by Crippen LogP contribution is 2.07. The third-order valence-electron chi connectivity index (χ3n) is 1.55. The molecule has 0 bridgehead atoms. The molecular weight excluding hydrogens is 104 g/mol. The molecule has 0 fully saturated rings. The van der Waals surface area contributed by atoms with Gasteiger partial charge in [-0.05, 0) is 11.8 Å². The molecule has 0 aromatic heterocycles. The highest BCUT2D eigenvalue weighted by atomic mass is 16.3. The summed E-state index contributed by atoms with van der Waals surface area (Å²) in [6.07, 6.45) is 0. The zero-order chi connectivity index (χ0) is 6.57. The van der Waals surface area contributed by atoms with E-state index in [0.29, 0.717) is 0 Å². The number of aliphatic hydroxyl groups is 2.